The molecule has 0 saturated carbocycles. The lowest BCUT2D eigenvalue weighted by molar-refractivity contribution is -0.118. The Morgan fingerprint density at radius 2 is 2.27 bits per heavy atom. The Hall–Kier alpha value is -2.10. The summed E-state index contributed by atoms with van der Waals surface area (Å²) in [6.45, 7) is 6.52. The lowest BCUT2D eigenvalue weighted by Gasteiger charge is -2.34. The zero-order valence-corrected chi connectivity index (χ0v) is 16.1. The third-order valence-corrected chi connectivity index (χ3v) is 6.86. The highest BCUT2D eigenvalue weighted by molar-refractivity contribution is 7.16. The quantitative estimate of drug-likeness (QED) is 0.901. The van der Waals surface area contributed by atoms with Crippen molar-refractivity contribution in [1.29, 1.82) is 5.26 Å². The third-order valence-electron chi connectivity index (χ3n) is 5.69. The topological polar surface area (TPSA) is 61.1 Å². The van der Waals surface area contributed by atoms with Crippen LogP contribution in [-0.2, 0) is 24.2 Å². The minimum Gasteiger partial charge on any atom is -0.349 e. The van der Waals surface area contributed by atoms with E-state index in [1.165, 1.54) is 10.6 Å². The van der Waals surface area contributed by atoms with E-state index in [0.29, 0.717) is 18.0 Å². The fourth-order valence-corrected chi connectivity index (χ4v) is 5.53. The van der Waals surface area contributed by atoms with Gasteiger partial charge in [-0.3, -0.25) is 9.69 Å². The first-order valence-electron chi connectivity index (χ1n) is 9.30. The van der Waals surface area contributed by atoms with Crippen molar-refractivity contribution < 1.29 is 4.79 Å². The number of carbonyl (C=O) groups excluding carboxylic acids is 1. The van der Waals surface area contributed by atoms with Crippen molar-refractivity contribution in [3.05, 3.63) is 40.0 Å². The molecule has 136 valence electrons. The molecule has 1 aliphatic carbocycles. The number of rotatable bonds is 3. The number of hydrogen-bond donors (Lipinski definition) is 1. The number of carbonyl (C=O) groups is 1. The molecule has 2 aromatic rings. The zero-order chi connectivity index (χ0) is 18.3. The van der Waals surface area contributed by atoms with Crippen molar-refractivity contribution in [2.75, 3.05) is 18.4 Å². The third kappa shape index (κ3) is 3.06. The Labute approximate surface area is 158 Å². The summed E-state index contributed by atoms with van der Waals surface area (Å²) in [6.07, 6.45) is 5.19. The Balaban J connectivity index is 1.47. The Morgan fingerprint density at radius 3 is 3.08 bits per heavy atom. The molecule has 0 bridgehead atoms. The fourth-order valence-electron chi connectivity index (χ4n) is 4.15. The van der Waals surface area contributed by atoms with Gasteiger partial charge in [0, 0.05) is 35.9 Å². The van der Waals surface area contributed by atoms with Gasteiger partial charge in [-0.05, 0) is 49.8 Å². The molecule has 1 aliphatic heterocycles. The molecule has 6 heteroatoms. The number of nitrogens with one attached hydrogen (secondary N) is 1. The van der Waals surface area contributed by atoms with E-state index in [4.69, 9.17) is 0 Å². The number of amides is 1. The summed E-state index contributed by atoms with van der Waals surface area (Å²) in [5.41, 5.74) is 3.10. The predicted molar refractivity (Wildman–Crippen MR) is 103 cm³/mol. The maximum atomic E-state index is 12.7. The van der Waals surface area contributed by atoms with Gasteiger partial charge in [0.2, 0.25) is 5.91 Å². The van der Waals surface area contributed by atoms with Crippen molar-refractivity contribution in [2.45, 2.75) is 45.7 Å². The van der Waals surface area contributed by atoms with Gasteiger partial charge in [0.1, 0.15) is 11.1 Å². The minimum atomic E-state index is -0.0278. The van der Waals surface area contributed by atoms with E-state index in [0.717, 1.165) is 42.9 Å². The maximum Gasteiger partial charge on any atom is 0.239 e. The highest BCUT2D eigenvalue weighted by Crippen LogP contribution is 2.39. The molecule has 2 aromatic heterocycles. The van der Waals surface area contributed by atoms with Crippen LogP contribution < -0.4 is 5.32 Å². The molecule has 2 aliphatic rings. The van der Waals surface area contributed by atoms with E-state index in [1.54, 1.807) is 11.3 Å². The van der Waals surface area contributed by atoms with Crippen molar-refractivity contribution in [3.8, 4) is 6.07 Å². The van der Waals surface area contributed by atoms with Gasteiger partial charge in [-0.2, -0.15) is 5.26 Å². The summed E-state index contributed by atoms with van der Waals surface area (Å²) >= 11 is 1.59. The van der Waals surface area contributed by atoms with Gasteiger partial charge in [0.15, 0.2) is 0 Å². The second-order valence-corrected chi connectivity index (χ2v) is 8.59. The molecular weight excluding hydrogens is 344 g/mol. The normalized spacial score (nSPS) is 22.3. The molecule has 0 radical (unpaired) electrons. The standard InChI is InChI=1S/C20H24N4OS/c1-13-5-6-15-16(11-21)20(26-18(15)10-13)22-19(25)12-24-9-8-23-7-3-4-17(23)14(24)2/h3-4,7,13-14H,5-6,8-10,12H2,1-2H3,(H,22,25). The van der Waals surface area contributed by atoms with Crippen LogP contribution in [0, 0.1) is 17.2 Å². The number of thiophene rings is 1. The van der Waals surface area contributed by atoms with Crippen molar-refractivity contribution >= 4 is 22.2 Å². The molecule has 5 nitrogen and oxygen atoms in total. The van der Waals surface area contributed by atoms with Crippen LogP contribution in [0.2, 0.25) is 0 Å². The molecule has 0 saturated heterocycles. The smallest absolute Gasteiger partial charge is 0.239 e. The highest BCUT2D eigenvalue weighted by Gasteiger charge is 2.27. The van der Waals surface area contributed by atoms with Crippen LogP contribution in [0.3, 0.4) is 0 Å². The Bertz CT molecular complexity index is 875. The van der Waals surface area contributed by atoms with Gasteiger partial charge in [0.25, 0.3) is 0 Å². The molecule has 3 heterocycles. The van der Waals surface area contributed by atoms with Crippen LogP contribution >= 0.6 is 11.3 Å². The minimum absolute atomic E-state index is 0.0278. The van der Waals surface area contributed by atoms with Gasteiger partial charge < -0.3 is 9.88 Å². The van der Waals surface area contributed by atoms with Crippen molar-refractivity contribution in [3.63, 3.8) is 0 Å². The van der Waals surface area contributed by atoms with Crippen LogP contribution in [0.4, 0.5) is 5.00 Å². The predicted octanol–water partition coefficient (Wildman–Crippen LogP) is 3.56. The average Bonchev–Trinajstić information content (AvgIpc) is 3.21. The van der Waals surface area contributed by atoms with Gasteiger partial charge in [-0.1, -0.05) is 6.92 Å². The lowest BCUT2D eigenvalue weighted by Crippen LogP contribution is -2.41. The number of nitriles is 1. The molecule has 0 spiro atoms. The van der Waals surface area contributed by atoms with Gasteiger partial charge in [-0.15, -0.1) is 11.3 Å². The highest BCUT2D eigenvalue weighted by atomic mass is 32.1. The first-order valence-corrected chi connectivity index (χ1v) is 10.1. The zero-order valence-electron chi connectivity index (χ0n) is 15.3. The SMILES string of the molecule is CC1CCc2c(sc(NC(=O)CN3CCn4cccc4C3C)c2C#N)C1. The molecule has 4 rings (SSSR count). The monoisotopic (exact) mass is 368 g/mol. The maximum absolute atomic E-state index is 12.7. The van der Waals surface area contributed by atoms with Gasteiger partial charge in [0.05, 0.1) is 12.1 Å². The molecule has 26 heavy (non-hydrogen) atoms. The summed E-state index contributed by atoms with van der Waals surface area (Å²) in [7, 11) is 0. The first-order chi connectivity index (χ1) is 12.6. The molecule has 2 unspecified atom stereocenters. The number of fused-ring (bicyclic) bond motifs is 2. The van der Waals surface area contributed by atoms with E-state index >= 15 is 0 Å². The number of anilines is 1. The summed E-state index contributed by atoms with van der Waals surface area (Å²) in [4.78, 5) is 16.1. The summed E-state index contributed by atoms with van der Waals surface area (Å²) in [5.74, 6) is 0.627. The van der Waals surface area contributed by atoms with E-state index in [1.807, 2.05) is 0 Å². The molecule has 1 amide bonds. The van der Waals surface area contributed by atoms with Crippen LogP contribution in [0.1, 0.15) is 48.0 Å². The largest absolute Gasteiger partial charge is 0.349 e. The van der Waals surface area contributed by atoms with Crippen LogP contribution in [0.5, 0.6) is 0 Å². The summed E-state index contributed by atoms with van der Waals surface area (Å²) in [5, 5.41) is 13.4. The van der Waals surface area contributed by atoms with Crippen LogP contribution in [-0.4, -0.2) is 28.5 Å². The molecule has 0 aromatic carbocycles. The average molecular weight is 369 g/mol. The second kappa shape index (κ2) is 6.90. The van der Waals surface area contributed by atoms with Crippen molar-refractivity contribution in [1.82, 2.24) is 9.47 Å². The molecule has 1 N–H and O–H groups in total. The van der Waals surface area contributed by atoms with Gasteiger partial charge in [-0.25, -0.2) is 0 Å². The first kappa shape index (κ1) is 17.3. The van der Waals surface area contributed by atoms with Gasteiger partial charge >= 0.3 is 0 Å². The van der Waals surface area contributed by atoms with Crippen molar-refractivity contribution in [2.24, 2.45) is 5.92 Å². The summed E-state index contributed by atoms with van der Waals surface area (Å²) < 4.78 is 2.25. The van der Waals surface area contributed by atoms with E-state index in [-0.39, 0.29) is 11.9 Å². The second-order valence-electron chi connectivity index (χ2n) is 7.49. The Morgan fingerprint density at radius 1 is 1.42 bits per heavy atom. The molecule has 0 fully saturated rings. The van der Waals surface area contributed by atoms with E-state index in [9.17, 15) is 10.1 Å². The lowest BCUT2D eigenvalue weighted by atomic mass is 9.89. The van der Waals surface area contributed by atoms with Crippen LogP contribution in [0.25, 0.3) is 0 Å². The van der Waals surface area contributed by atoms with E-state index < -0.39 is 0 Å². The fraction of sp³-hybridized carbons (Fsp3) is 0.500. The van der Waals surface area contributed by atoms with Crippen LogP contribution in [0.15, 0.2) is 18.3 Å². The van der Waals surface area contributed by atoms with E-state index in [2.05, 4.69) is 53.0 Å². The molecule has 2 atom stereocenters. The number of nitrogens with zero attached hydrogens (tertiary/aromatic N) is 3. The Kier molecular flexibility index (Phi) is 4.60. The number of aromatic nitrogens is 1. The molecular formula is C20H24N4OS. The number of hydrogen-bond acceptors (Lipinski definition) is 4. The summed E-state index contributed by atoms with van der Waals surface area (Å²) in [6, 6.07) is 6.73.